The van der Waals surface area contributed by atoms with Crippen molar-refractivity contribution in [1.82, 2.24) is 5.32 Å². The van der Waals surface area contributed by atoms with Gasteiger partial charge in [-0.05, 0) is 44.6 Å². The van der Waals surface area contributed by atoms with Crippen molar-refractivity contribution in [2.24, 2.45) is 11.8 Å². The molecule has 1 heteroatoms. The highest BCUT2D eigenvalue weighted by Crippen LogP contribution is 2.34. The van der Waals surface area contributed by atoms with E-state index >= 15 is 0 Å². The second-order valence-corrected chi connectivity index (χ2v) is 5.27. The Morgan fingerprint density at radius 1 is 1.07 bits per heavy atom. The molecule has 1 saturated carbocycles. The van der Waals surface area contributed by atoms with Crippen molar-refractivity contribution >= 4 is 0 Å². The predicted octanol–water partition coefficient (Wildman–Crippen LogP) is 3.98. The second-order valence-electron chi connectivity index (χ2n) is 5.27. The average molecular weight is 211 g/mol. The Kier molecular flexibility index (Phi) is 6.31. The molecule has 0 aromatic rings. The van der Waals surface area contributed by atoms with Crippen LogP contribution in [-0.2, 0) is 0 Å². The van der Waals surface area contributed by atoms with Crippen molar-refractivity contribution in [1.29, 1.82) is 0 Å². The van der Waals surface area contributed by atoms with Gasteiger partial charge in [0, 0.05) is 6.04 Å². The van der Waals surface area contributed by atoms with Crippen LogP contribution < -0.4 is 5.32 Å². The number of nitrogens with one attached hydrogen (secondary N) is 1. The molecule has 15 heavy (non-hydrogen) atoms. The van der Waals surface area contributed by atoms with Crippen LogP contribution in [0.25, 0.3) is 0 Å². The quantitative estimate of drug-likeness (QED) is 0.700. The van der Waals surface area contributed by atoms with Gasteiger partial charge in [0.1, 0.15) is 0 Å². The molecule has 1 nitrogen and oxygen atoms in total. The first-order valence-electron chi connectivity index (χ1n) is 6.99. The third kappa shape index (κ3) is 4.14. The lowest BCUT2D eigenvalue weighted by atomic mass is 9.74. The average Bonchev–Trinajstić information content (AvgIpc) is 2.27. The highest BCUT2D eigenvalue weighted by Gasteiger charge is 2.28. The van der Waals surface area contributed by atoms with Crippen LogP contribution in [0.1, 0.15) is 65.2 Å². The molecule has 0 aromatic heterocycles. The summed E-state index contributed by atoms with van der Waals surface area (Å²) in [6.07, 6.45) is 11.4. The van der Waals surface area contributed by atoms with Gasteiger partial charge in [-0.25, -0.2) is 0 Å². The van der Waals surface area contributed by atoms with E-state index in [2.05, 4.69) is 26.2 Å². The maximum absolute atomic E-state index is 3.53. The molecule has 1 aliphatic rings. The zero-order chi connectivity index (χ0) is 11.1. The molecule has 0 spiro atoms. The van der Waals surface area contributed by atoms with Crippen molar-refractivity contribution in [2.45, 2.75) is 71.3 Å². The topological polar surface area (TPSA) is 12.0 Å². The Balaban J connectivity index is 2.38. The van der Waals surface area contributed by atoms with Crippen LogP contribution in [0, 0.1) is 11.8 Å². The highest BCUT2D eigenvalue weighted by atomic mass is 14.9. The number of rotatable bonds is 6. The van der Waals surface area contributed by atoms with Gasteiger partial charge in [0.05, 0.1) is 0 Å². The molecule has 90 valence electrons. The van der Waals surface area contributed by atoms with Crippen LogP contribution in [0.3, 0.4) is 0 Å². The first kappa shape index (κ1) is 13.0. The van der Waals surface area contributed by atoms with Crippen molar-refractivity contribution in [2.75, 3.05) is 7.05 Å². The predicted molar refractivity (Wildman–Crippen MR) is 68.1 cm³/mol. The Morgan fingerprint density at radius 3 is 2.47 bits per heavy atom. The summed E-state index contributed by atoms with van der Waals surface area (Å²) in [6, 6.07) is 0.810. The molecule has 0 heterocycles. The first-order valence-corrected chi connectivity index (χ1v) is 6.99. The maximum atomic E-state index is 3.53. The van der Waals surface area contributed by atoms with Crippen LogP contribution in [-0.4, -0.2) is 13.1 Å². The van der Waals surface area contributed by atoms with E-state index in [1.165, 1.54) is 51.4 Å². The minimum atomic E-state index is 0.810. The largest absolute Gasteiger partial charge is 0.317 e. The van der Waals surface area contributed by atoms with E-state index in [0.717, 1.165) is 17.9 Å². The van der Waals surface area contributed by atoms with Gasteiger partial charge < -0.3 is 5.32 Å². The molecule has 1 rings (SSSR count). The lowest BCUT2D eigenvalue weighted by molar-refractivity contribution is 0.189. The Labute approximate surface area is 96.0 Å². The molecule has 0 aromatic carbocycles. The zero-order valence-electron chi connectivity index (χ0n) is 10.9. The van der Waals surface area contributed by atoms with Gasteiger partial charge >= 0.3 is 0 Å². The smallest absolute Gasteiger partial charge is 0.00925 e. The van der Waals surface area contributed by atoms with Crippen molar-refractivity contribution < 1.29 is 0 Å². The van der Waals surface area contributed by atoms with Crippen LogP contribution >= 0.6 is 0 Å². The van der Waals surface area contributed by atoms with Gasteiger partial charge in [0.15, 0.2) is 0 Å². The number of unbranched alkanes of at least 4 members (excludes halogenated alkanes) is 1. The molecular formula is C14H29N. The molecule has 0 amide bonds. The Hall–Kier alpha value is -0.0400. The van der Waals surface area contributed by atoms with Gasteiger partial charge in [0.2, 0.25) is 0 Å². The van der Waals surface area contributed by atoms with Crippen molar-refractivity contribution in [3.05, 3.63) is 0 Å². The number of hydrogen-bond acceptors (Lipinski definition) is 1. The summed E-state index contributed by atoms with van der Waals surface area (Å²) < 4.78 is 0. The van der Waals surface area contributed by atoms with Crippen LogP contribution in [0.5, 0.6) is 0 Å². The fraction of sp³-hybridized carbons (Fsp3) is 1.00. The van der Waals surface area contributed by atoms with Crippen LogP contribution in [0.4, 0.5) is 0 Å². The van der Waals surface area contributed by atoms with Crippen LogP contribution in [0.15, 0.2) is 0 Å². The summed E-state index contributed by atoms with van der Waals surface area (Å²) in [4.78, 5) is 0. The lowest BCUT2D eigenvalue weighted by Crippen LogP contribution is -2.38. The second kappa shape index (κ2) is 7.27. The molecule has 3 unspecified atom stereocenters. The first-order chi connectivity index (χ1) is 7.31. The fourth-order valence-corrected chi connectivity index (χ4v) is 3.20. The minimum Gasteiger partial charge on any atom is -0.317 e. The molecule has 1 aliphatic carbocycles. The lowest BCUT2D eigenvalue weighted by Gasteiger charge is -2.36. The molecule has 1 N–H and O–H groups in total. The summed E-state index contributed by atoms with van der Waals surface area (Å²) in [6.45, 7) is 4.63. The maximum Gasteiger partial charge on any atom is 0.00925 e. The van der Waals surface area contributed by atoms with Gasteiger partial charge in [-0.2, -0.15) is 0 Å². The van der Waals surface area contributed by atoms with Gasteiger partial charge in [-0.15, -0.1) is 0 Å². The van der Waals surface area contributed by atoms with Crippen molar-refractivity contribution in [3.8, 4) is 0 Å². The minimum absolute atomic E-state index is 0.810. The summed E-state index contributed by atoms with van der Waals surface area (Å²) in [5.41, 5.74) is 0. The Bertz CT molecular complexity index is 155. The van der Waals surface area contributed by atoms with E-state index in [9.17, 15) is 0 Å². The van der Waals surface area contributed by atoms with E-state index in [4.69, 9.17) is 0 Å². The van der Waals surface area contributed by atoms with Crippen LogP contribution in [0.2, 0.25) is 0 Å². The monoisotopic (exact) mass is 211 g/mol. The van der Waals surface area contributed by atoms with E-state index in [1.54, 1.807) is 0 Å². The molecule has 0 aliphatic heterocycles. The summed E-state index contributed by atoms with van der Waals surface area (Å²) >= 11 is 0. The van der Waals surface area contributed by atoms with E-state index < -0.39 is 0 Å². The molecule has 0 saturated heterocycles. The summed E-state index contributed by atoms with van der Waals surface area (Å²) in [5, 5.41) is 3.53. The van der Waals surface area contributed by atoms with Crippen molar-refractivity contribution in [3.63, 3.8) is 0 Å². The normalized spacial score (nSPS) is 31.8. The molecular weight excluding hydrogens is 182 g/mol. The summed E-state index contributed by atoms with van der Waals surface area (Å²) in [7, 11) is 2.14. The van der Waals surface area contributed by atoms with Gasteiger partial charge in [-0.1, -0.05) is 39.5 Å². The standard InChI is InChI=1S/C14H29N/c1-4-6-8-13-11-12(7-5-2)9-10-14(13)15-3/h12-15H,4-11H2,1-3H3. The summed E-state index contributed by atoms with van der Waals surface area (Å²) in [5.74, 6) is 1.99. The van der Waals surface area contributed by atoms with E-state index in [-0.39, 0.29) is 0 Å². The SMILES string of the molecule is CCCCC1CC(CCC)CCC1NC. The van der Waals surface area contributed by atoms with Gasteiger partial charge in [0.25, 0.3) is 0 Å². The zero-order valence-corrected chi connectivity index (χ0v) is 10.9. The third-order valence-corrected chi connectivity index (χ3v) is 4.09. The Morgan fingerprint density at radius 2 is 1.87 bits per heavy atom. The highest BCUT2D eigenvalue weighted by molar-refractivity contribution is 4.83. The number of hydrogen-bond donors (Lipinski definition) is 1. The van der Waals surface area contributed by atoms with E-state index in [1.807, 2.05) is 0 Å². The fourth-order valence-electron chi connectivity index (χ4n) is 3.20. The van der Waals surface area contributed by atoms with Gasteiger partial charge in [-0.3, -0.25) is 0 Å². The molecule has 0 radical (unpaired) electrons. The molecule has 0 bridgehead atoms. The van der Waals surface area contributed by atoms with E-state index in [0.29, 0.717) is 0 Å². The molecule has 3 atom stereocenters. The molecule has 1 fully saturated rings. The third-order valence-electron chi connectivity index (χ3n) is 4.09.